The highest BCUT2D eigenvalue weighted by Gasteiger charge is 2.52. The Hall–Kier alpha value is 0.0800. The van der Waals surface area contributed by atoms with Crippen LogP contribution in [-0.4, -0.2) is 21.1 Å². The van der Waals surface area contributed by atoms with E-state index >= 15 is 0 Å². The monoisotopic (exact) mass is 584 g/mol. The second kappa shape index (κ2) is 10.9. The maximum Gasteiger partial charge on any atom is -0.00607 e. The van der Waals surface area contributed by atoms with E-state index in [2.05, 4.69) is 116 Å². The highest BCUT2D eigenvalue weighted by molar-refractivity contribution is 7.60. The largest absolute Gasteiger partial charge is 0.0929 e. The molecule has 0 saturated heterocycles. The summed E-state index contributed by atoms with van der Waals surface area (Å²) in [4.78, 5) is 0. The van der Waals surface area contributed by atoms with Gasteiger partial charge in [0.1, 0.15) is 0 Å². The summed E-state index contributed by atoms with van der Waals surface area (Å²) < 4.78 is 0. The minimum absolute atomic E-state index is 0.104. The van der Waals surface area contributed by atoms with Gasteiger partial charge in [-0.15, -0.1) is 0 Å². The lowest BCUT2D eigenvalue weighted by atomic mass is 9.56. The first-order valence-electron chi connectivity index (χ1n) is 16.7. The van der Waals surface area contributed by atoms with Gasteiger partial charge in [0.05, 0.1) is 0 Å². The summed E-state index contributed by atoms with van der Waals surface area (Å²) in [6, 6.07) is 5.49. The second-order valence-electron chi connectivity index (χ2n) is 19.3. The average Bonchev–Trinajstić information content (AvgIpc) is 2.72. The Morgan fingerprint density at radius 1 is 0.525 bits per heavy atom. The predicted molar refractivity (Wildman–Crippen MR) is 185 cm³/mol. The number of rotatable bonds is 5. The molecule has 4 saturated carbocycles. The Balaban J connectivity index is 1.85. The third kappa shape index (κ3) is 7.07. The fraction of sp³-hybridized carbons (Fsp3) is 0.842. The van der Waals surface area contributed by atoms with Gasteiger partial charge in [0.15, 0.2) is 0 Å². The van der Waals surface area contributed by atoms with Crippen LogP contribution in [0.4, 0.5) is 0 Å². The van der Waals surface area contributed by atoms with Gasteiger partial charge in [-0.1, -0.05) is 132 Å². The molecule has 4 bridgehead atoms. The second-order valence-corrected chi connectivity index (χ2v) is 26.4. The molecule has 4 aliphatic carbocycles. The van der Waals surface area contributed by atoms with Gasteiger partial charge in [-0.05, 0) is 122 Å². The average molecular weight is 585 g/mol. The first-order valence-corrected chi connectivity index (χ1v) is 19.8. The molecule has 40 heavy (non-hydrogen) atoms. The van der Waals surface area contributed by atoms with Crippen molar-refractivity contribution in [1.82, 2.24) is 0 Å². The summed E-state index contributed by atoms with van der Waals surface area (Å²) in [7, 11) is -0.295. The minimum atomic E-state index is -0.191. The molecule has 1 aromatic carbocycles. The van der Waals surface area contributed by atoms with Crippen molar-refractivity contribution in [2.75, 3.05) is 0 Å². The molecule has 228 valence electrons. The van der Waals surface area contributed by atoms with E-state index in [0.29, 0.717) is 15.5 Å². The molecule has 0 aromatic heterocycles. The maximum atomic E-state index is 2.76. The lowest BCUT2D eigenvalue weighted by Gasteiger charge is -2.58. The topological polar surface area (TPSA) is 0 Å². The van der Waals surface area contributed by atoms with Crippen LogP contribution in [0.2, 0.25) is 0 Å². The Morgan fingerprint density at radius 3 is 1.23 bits per heavy atom. The fourth-order valence-corrected chi connectivity index (χ4v) is 16.6. The van der Waals surface area contributed by atoms with Gasteiger partial charge in [0, 0.05) is 0 Å². The molecule has 4 fully saturated rings. The minimum Gasteiger partial charge on any atom is -0.0929 e. The standard InChI is InChI=1S/C38H66P2/c1-34(2,3)31-21-29(30(22-32(31)35(4,5)6)24-40(37(10,11)12)38(13,14)15)23-39(36(7,8)9)33-27-17-25-16-26(19-27)20-28(33)18-25/h21-22,25-28,33H,16-20,23-24H2,1-15H3. The zero-order chi connectivity index (χ0) is 30.2. The molecule has 4 aliphatic rings. The molecule has 0 spiro atoms. The zero-order valence-corrected chi connectivity index (χ0v) is 31.2. The molecular formula is C38H66P2. The molecule has 0 amide bonds. The van der Waals surface area contributed by atoms with Crippen molar-refractivity contribution in [3.8, 4) is 0 Å². The van der Waals surface area contributed by atoms with Gasteiger partial charge in [0.2, 0.25) is 0 Å². The highest BCUT2D eigenvalue weighted by Crippen LogP contribution is 2.69. The van der Waals surface area contributed by atoms with Crippen LogP contribution in [0.3, 0.4) is 0 Å². The quantitative estimate of drug-likeness (QED) is 0.302. The molecule has 0 aliphatic heterocycles. The van der Waals surface area contributed by atoms with E-state index in [1.54, 1.807) is 54.4 Å². The van der Waals surface area contributed by atoms with E-state index in [9.17, 15) is 0 Å². The van der Waals surface area contributed by atoms with Crippen molar-refractivity contribution >= 4 is 15.8 Å². The van der Waals surface area contributed by atoms with E-state index in [1.165, 1.54) is 12.3 Å². The normalized spacial score (nSPS) is 28.4. The van der Waals surface area contributed by atoms with Crippen LogP contribution in [0.5, 0.6) is 0 Å². The molecule has 1 atom stereocenters. The molecule has 1 unspecified atom stereocenters. The van der Waals surface area contributed by atoms with E-state index < -0.39 is 0 Å². The Labute approximate surface area is 253 Å². The smallest absolute Gasteiger partial charge is 0.00607 e. The summed E-state index contributed by atoms with van der Waals surface area (Å²) in [6.45, 7) is 37.5. The first-order chi connectivity index (χ1) is 18.0. The lowest BCUT2D eigenvalue weighted by Crippen LogP contribution is -2.49. The van der Waals surface area contributed by atoms with Crippen molar-refractivity contribution in [1.29, 1.82) is 0 Å². The van der Waals surface area contributed by atoms with Crippen molar-refractivity contribution in [3.63, 3.8) is 0 Å². The van der Waals surface area contributed by atoms with Gasteiger partial charge < -0.3 is 0 Å². The van der Waals surface area contributed by atoms with Crippen LogP contribution in [0.25, 0.3) is 0 Å². The summed E-state index contributed by atoms with van der Waals surface area (Å²) >= 11 is 0. The molecule has 0 heterocycles. The van der Waals surface area contributed by atoms with E-state index in [-0.39, 0.29) is 26.7 Å². The summed E-state index contributed by atoms with van der Waals surface area (Å²) in [6.07, 6.45) is 10.4. The van der Waals surface area contributed by atoms with Crippen LogP contribution in [0.1, 0.15) is 158 Å². The van der Waals surface area contributed by atoms with Crippen molar-refractivity contribution in [2.24, 2.45) is 23.7 Å². The van der Waals surface area contributed by atoms with Crippen molar-refractivity contribution < 1.29 is 0 Å². The van der Waals surface area contributed by atoms with Crippen LogP contribution in [-0.2, 0) is 23.2 Å². The summed E-state index contributed by atoms with van der Waals surface area (Å²) in [5.74, 6) is 4.16. The third-order valence-electron chi connectivity index (χ3n) is 10.6. The van der Waals surface area contributed by atoms with Crippen molar-refractivity contribution in [3.05, 3.63) is 34.4 Å². The van der Waals surface area contributed by atoms with E-state index in [0.717, 1.165) is 29.3 Å². The SMILES string of the molecule is CC(C)(C)c1cc(CP(C2C3CC4CC(C3)CC2C4)C(C)(C)C)c(CP(C(C)(C)C)C(C)(C)C)cc1C(C)(C)C. The molecule has 0 N–H and O–H groups in total. The molecule has 1 aromatic rings. The van der Waals surface area contributed by atoms with Crippen LogP contribution < -0.4 is 0 Å². The molecule has 2 heteroatoms. The zero-order valence-electron chi connectivity index (χ0n) is 29.4. The predicted octanol–water partition coefficient (Wildman–Crippen LogP) is 12.5. The highest BCUT2D eigenvalue weighted by atomic mass is 31.1. The Bertz CT molecular complexity index is 1000. The Kier molecular flexibility index (Phi) is 8.99. The van der Waals surface area contributed by atoms with Gasteiger partial charge >= 0.3 is 0 Å². The van der Waals surface area contributed by atoms with Crippen LogP contribution in [0.15, 0.2) is 12.1 Å². The van der Waals surface area contributed by atoms with E-state index in [4.69, 9.17) is 0 Å². The van der Waals surface area contributed by atoms with Gasteiger partial charge in [0.25, 0.3) is 0 Å². The third-order valence-corrected chi connectivity index (χ3v) is 18.5. The molecular weight excluding hydrogens is 518 g/mol. The van der Waals surface area contributed by atoms with Crippen molar-refractivity contribution in [2.45, 2.75) is 180 Å². The maximum absolute atomic E-state index is 2.76. The van der Waals surface area contributed by atoms with Gasteiger partial charge in [-0.25, -0.2) is 0 Å². The molecule has 5 rings (SSSR count). The fourth-order valence-electron chi connectivity index (χ4n) is 9.25. The number of benzene rings is 1. The summed E-state index contributed by atoms with van der Waals surface area (Å²) in [5.41, 5.74) is 7.92. The first kappa shape index (κ1) is 33.0. The van der Waals surface area contributed by atoms with Crippen LogP contribution in [0, 0.1) is 23.7 Å². The van der Waals surface area contributed by atoms with Gasteiger partial charge in [-0.2, -0.15) is 0 Å². The number of hydrogen-bond donors (Lipinski definition) is 0. The molecule has 0 nitrogen and oxygen atoms in total. The van der Waals surface area contributed by atoms with Crippen LogP contribution >= 0.6 is 15.8 Å². The summed E-state index contributed by atoms with van der Waals surface area (Å²) in [5, 5.41) is 1.08. The Morgan fingerprint density at radius 2 is 0.900 bits per heavy atom. The van der Waals surface area contributed by atoms with Gasteiger partial charge in [-0.3, -0.25) is 0 Å². The number of hydrogen-bond acceptors (Lipinski definition) is 0. The molecule has 0 radical (unpaired) electrons. The lowest BCUT2D eigenvalue weighted by molar-refractivity contribution is 0.0242. The van der Waals surface area contributed by atoms with E-state index in [1.807, 2.05) is 0 Å².